The van der Waals surface area contributed by atoms with Gasteiger partial charge in [-0.05, 0) is 87.8 Å². The number of ether oxygens (including phenoxy) is 2. The first-order valence-corrected chi connectivity index (χ1v) is 22.2. The Morgan fingerprint density at radius 2 is 1.80 bits per heavy atom. The average Bonchev–Trinajstić information content (AvgIpc) is 4.08. The Kier molecular flexibility index (Phi) is 17.3. The number of aryl methyl sites for hydroxylation is 1. The molecule has 4 amide bonds. The van der Waals surface area contributed by atoms with Crippen LogP contribution in [0.1, 0.15) is 84.6 Å². The predicted octanol–water partition coefficient (Wildman–Crippen LogP) is 4.95. The SMILES string of the molecule is C=CC(=O)N1CCCC1.CCn1c(-c2cccnc2C(C)OC)c(CC(C)(C)COC=O)c2cc(-c3cnn(CC(NC(=O)C(C(C)C)N(C)C=O)C(=O)N4CCCCN4)n3)ccc21. The molecule has 2 fully saturated rings. The average molecular weight is 883 g/mol. The van der Waals surface area contributed by atoms with Crippen LogP contribution >= 0.6 is 0 Å². The van der Waals surface area contributed by atoms with Gasteiger partial charge < -0.3 is 29.2 Å². The molecule has 0 spiro atoms. The summed E-state index contributed by atoms with van der Waals surface area (Å²) < 4.78 is 13.3. The number of fused-ring (bicyclic) bond motifs is 1. The van der Waals surface area contributed by atoms with E-state index in [9.17, 15) is 24.0 Å². The summed E-state index contributed by atoms with van der Waals surface area (Å²) in [6.07, 6.45) is 9.85. The largest absolute Gasteiger partial charge is 0.467 e. The molecule has 2 saturated heterocycles. The van der Waals surface area contributed by atoms with E-state index in [0.29, 0.717) is 44.6 Å². The first-order chi connectivity index (χ1) is 30.7. The lowest BCUT2D eigenvalue weighted by Gasteiger charge is -2.33. The maximum absolute atomic E-state index is 13.8. The maximum Gasteiger partial charge on any atom is 0.293 e. The summed E-state index contributed by atoms with van der Waals surface area (Å²) in [6.45, 7) is 19.8. The first kappa shape index (κ1) is 49.1. The normalized spacial score (nSPS) is 15.5. The smallest absolute Gasteiger partial charge is 0.293 e. The Morgan fingerprint density at radius 1 is 1.06 bits per heavy atom. The molecule has 3 unspecified atom stereocenters. The Labute approximate surface area is 376 Å². The van der Waals surface area contributed by atoms with Crippen molar-refractivity contribution in [2.45, 2.75) is 105 Å². The monoisotopic (exact) mass is 883 g/mol. The lowest BCUT2D eigenvalue weighted by molar-refractivity contribution is -0.142. The van der Waals surface area contributed by atoms with E-state index >= 15 is 0 Å². The number of amides is 4. The van der Waals surface area contributed by atoms with Crippen molar-refractivity contribution in [1.82, 2.24) is 50.1 Å². The highest BCUT2D eigenvalue weighted by Crippen LogP contribution is 2.41. The third kappa shape index (κ3) is 11.8. The first-order valence-electron chi connectivity index (χ1n) is 22.2. The number of methoxy groups -OCH3 is 1. The number of benzene rings is 1. The third-order valence-corrected chi connectivity index (χ3v) is 11.8. The molecule has 0 radical (unpaired) electrons. The molecule has 2 aliphatic rings. The molecule has 3 aromatic heterocycles. The minimum absolute atomic E-state index is 0.0192. The molecular weight excluding hydrogens is 817 g/mol. The van der Waals surface area contributed by atoms with E-state index in [1.54, 1.807) is 31.6 Å². The van der Waals surface area contributed by atoms with Crippen molar-refractivity contribution in [3.05, 3.63) is 66.6 Å². The highest BCUT2D eigenvalue weighted by atomic mass is 16.5. The molecule has 2 aliphatic heterocycles. The van der Waals surface area contributed by atoms with Crippen LogP contribution in [-0.4, -0.2) is 129 Å². The molecule has 6 rings (SSSR count). The van der Waals surface area contributed by atoms with Crippen LogP contribution in [0.25, 0.3) is 33.4 Å². The second-order valence-corrected chi connectivity index (χ2v) is 17.5. The van der Waals surface area contributed by atoms with Gasteiger partial charge in [0.15, 0.2) is 0 Å². The number of carbonyl (C=O) groups is 5. The minimum atomic E-state index is -0.992. The van der Waals surface area contributed by atoms with Gasteiger partial charge in [-0.25, -0.2) is 5.43 Å². The van der Waals surface area contributed by atoms with Gasteiger partial charge in [-0.1, -0.05) is 40.3 Å². The number of likely N-dealkylation sites (N-methyl/N-ethyl adjacent to an activating group) is 1. The molecule has 17 heteroatoms. The molecule has 64 heavy (non-hydrogen) atoms. The van der Waals surface area contributed by atoms with Crippen molar-refractivity contribution in [2.75, 3.05) is 46.9 Å². The van der Waals surface area contributed by atoms with Gasteiger partial charge in [-0.3, -0.25) is 34.0 Å². The van der Waals surface area contributed by atoms with Gasteiger partial charge in [0.2, 0.25) is 18.2 Å². The molecule has 2 N–H and O–H groups in total. The number of nitrogens with one attached hydrogen (secondary N) is 2. The van der Waals surface area contributed by atoms with Crippen LogP contribution in [-0.2, 0) is 53.0 Å². The van der Waals surface area contributed by atoms with E-state index in [2.05, 4.69) is 66.0 Å². The fourth-order valence-electron chi connectivity index (χ4n) is 8.52. The van der Waals surface area contributed by atoms with Crippen LogP contribution in [0.4, 0.5) is 0 Å². The Hall–Kier alpha value is -5.94. The number of aromatic nitrogens is 5. The highest BCUT2D eigenvalue weighted by Gasteiger charge is 2.34. The van der Waals surface area contributed by atoms with Gasteiger partial charge in [0.1, 0.15) is 17.8 Å². The van der Waals surface area contributed by atoms with Crippen LogP contribution < -0.4 is 10.7 Å². The number of hydrazine groups is 1. The quantitative estimate of drug-likeness (QED) is 0.0960. The van der Waals surface area contributed by atoms with Gasteiger partial charge in [0.25, 0.3) is 12.4 Å². The van der Waals surface area contributed by atoms with E-state index in [0.717, 1.165) is 77.8 Å². The fourth-order valence-corrected chi connectivity index (χ4v) is 8.52. The lowest BCUT2D eigenvalue weighted by atomic mass is 9.84. The molecule has 346 valence electrons. The minimum Gasteiger partial charge on any atom is -0.467 e. The Bertz CT molecular complexity index is 2240. The van der Waals surface area contributed by atoms with Crippen LogP contribution in [0.2, 0.25) is 0 Å². The van der Waals surface area contributed by atoms with Crippen molar-refractivity contribution in [3.8, 4) is 22.5 Å². The summed E-state index contributed by atoms with van der Waals surface area (Å²) in [5.41, 5.74) is 9.05. The number of hydrogen-bond acceptors (Lipinski definition) is 11. The Morgan fingerprint density at radius 3 is 2.42 bits per heavy atom. The van der Waals surface area contributed by atoms with E-state index < -0.39 is 23.4 Å². The van der Waals surface area contributed by atoms with E-state index in [1.807, 2.05) is 37.8 Å². The van der Waals surface area contributed by atoms with Gasteiger partial charge in [-0.2, -0.15) is 15.0 Å². The standard InChI is InChI=1S/C40H55N9O6.C7H11NO/c1-9-47-34-15-14-28(19-30(34)31(20-40(5,6)23-55-25-51)37(47)29-13-12-16-41-35(29)27(4)54-8)32-21-43-49(45-32)22-33(39(53)48-18-11-10-17-42-48)44-38(52)36(26(2)3)46(7)24-50;1-2-7(9)8-5-3-4-6-8/h12-16,19,21,24-27,33,36,42H,9-11,17-18,20,22-23H2,1-8H3,(H,44,52);2H,1,3-6H2. The summed E-state index contributed by atoms with van der Waals surface area (Å²) in [5, 5.41) is 14.8. The molecule has 0 aliphatic carbocycles. The number of carbonyl (C=O) groups excluding carboxylic acids is 5. The third-order valence-electron chi connectivity index (χ3n) is 11.8. The summed E-state index contributed by atoms with van der Waals surface area (Å²) >= 11 is 0. The second kappa shape index (κ2) is 22.6. The zero-order valence-electron chi connectivity index (χ0n) is 38.7. The van der Waals surface area contributed by atoms with Gasteiger partial charge in [0.05, 0.1) is 36.8 Å². The molecule has 1 aromatic carbocycles. The van der Waals surface area contributed by atoms with Gasteiger partial charge in [-0.15, -0.1) is 0 Å². The lowest BCUT2D eigenvalue weighted by Crippen LogP contribution is -2.59. The summed E-state index contributed by atoms with van der Waals surface area (Å²) in [5.74, 6) is -0.846. The number of likely N-dealkylation sites (tertiary alicyclic amines) is 1. The summed E-state index contributed by atoms with van der Waals surface area (Å²) in [4.78, 5) is 70.4. The predicted molar refractivity (Wildman–Crippen MR) is 244 cm³/mol. The molecule has 17 nitrogen and oxygen atoms in total. The van der Waals surface area contributed by atoms with Crippen LogP contribution in [0.3, 0.4) is 0 Å². The molecule has 3 atom stereocenters. The van der Waals surface area contributed by atoms with E-state index in [4.69, 9.17) is 19.6 Å². The van der Waals surface area contributed by atoms with E-state index in [-0.39, 0.29) is 37.0 Å². The molecule has 4 aromatic rings. The van der Waals surface area contributed by atoms with Crippen molar-refractivity contribution in [2.24, 2.45) is 11.3 Å². The number of nitrogens with zero attached hydrogens (tertiary/aromatic N) is 8. The van der Waals surface area contributed by atoms with Crippen molar-refractivity contribution < 1.29 is 33.4 Å². The van der Waals surface area contributed by atoms with Crippen molar-refractivity contribution >= 4 is 41.5 Å². The molecule has 5 heterocycles. The zero-order valence-corrected chi connectivity index (χ0v) is 38.7. The van der Waals surface area contributed by atoms with Crippen LogP contribution in [0, 0.1) is 11.3 Å². The summed E-state index contributed by atoms with van der Waals surface area (Å²) in [6, 6.07) is 8.43. The number of pyridine rings is 1. The number of hydrogen-bond donors (Lipinski definition) is 2. The maximum atomic E-state index is 13.8. The topological polar surface area (TPSA) is 186 Å². The zero-order chi connectivity index (χ0) is 46.6. The molecule has 0 saturated carbocycles. The fraction of sp³-hybridized carbons (Fsp3) is 0.532. The highest BCUT2D eigenvalue weighted by molar-refractivity contribution is 5.95. The molecule has 0 bridgehead atoms. The van der Waals surface area contributed by atoms with Crippen molar-refractivity contribution in [1.29, 1.82) is 0 Å². The summed E-state index contributed by atoms with van der Waals surface area (Å²) in [7, 11) is 3.22. The number of rotatable bonds is 19. The molecular formula is C47H66N10O7. The van der Waals surface area contributed by atoms with Gasteiger partial charge in [0, 0.05) is 80.5 Å². The van der Waals surface area contributed by atoms with E-state index in [1.165, 1.54) is 15.8 Å². The second-order valence-electron chi connectivity index (χ2n) is 17.5. The van der Waals surface area contributed by atoms with Crippen LogP contribution in [0.15, 0.2) is 55.4 Å². The van der Waals surface area contributed by atoms with Crippen LogP contribution in [0.5, 0.6) is 0 Å². The van der Waals surface area contributed by atoms with Gasteiger partial charge >= 0.3 is 0 Å². The Balaban J connectivity index is 0.000000762. The van der Waals surface area contributed by atoms with Crippen molar-refractivity contribution in [3.63, 3.8) is 0 Å².